The predicted molar refractivity (Wildman–Crippen MR) is 114 cm³/mol. The van der Waals surface area contributed by atoms with Crippen LogP contribution < -0.4 is 5.32 Å². The Bertz CT molecular complexity index is 1160. The first-order chi connectivity index (χ1) is 14.7. The van der Waals surface area contributed by atoms with Crippen molar-refractivity contribution in [1.82, 2.24) is 9.62 Å². The summed E-state index contributed by atoms with van der Waals surface area (Å²) in [6, 6.07) is 6.41. The molecule has 1 heterocycles. The van der Waals surface area contributed by atoms with Gasteiger partial charge in [-0.15, -0.1) is 0 Å². The molecule has 31 heavy (non-hydrogen) atoms. The van der Waals surface area contributed by atoms with Crippen molar-refractivity contribution in [1.29, 1.82) is 0 Å². The molecule has 11 heteroatoms. The van der Waals surface area contributed by atoms with Crippen LogP contribution in [0.4, 0.5) is 0 Å². The molecular formula is C20H22N2O7S2. The zero-order valence-electron chi connectivity index (χ0n) is 16.5. The van der Waals surface area contributed by atoms with Gasteiger partial charge in [-0.05, 0) is 24.5 Å². The van der Waals surface area contributed by atoms with E-state index >= 15 is 0 Å². The summed E-state index contributed by atoms with van der Waals surface area (Å²) in [4.78, 5) is 23.9. The molecule has 1 aromatic carbocycles. The lowest BCUT2D eigenvalue weighted by Crippen LogP contribution is -2.51. The van der Waals surface area contributed by atoms with E-state index in [4.69, 9.17) is 0 Å². The lowest BCUT2D eigenvalue weighted by Gasteiger charge is -2.26. The number of hydrogen-bond acceptors (Lipinski definition) is 6. The number of rotatable bonds is 7. The molecule has 1 amide bonds. The van der Waals surface area contributed by atoms with Crippen molar-refractivity contribution in [3.63, 3.8) is 0 Å². The lowest BCUT2D eigenvalue weighted by atomic mass is 10.1. The van der Waals surface area contributed by atoms with Gasteiger partial charge in [-0.2, -0.15) is 12.7 Å². The number of hydrogen-bond donors (Lipinski definition) is 2. The zero-order chi connectivity index (χ0) is 22.6. The van der Waals surface area contributed by atoms with E-state index in [-0.39, 0.29) is 35.6 Å². The monoisotopic (exact) mass is 466 g/mol. The minimum atomic E-state index is -4.26. The standard InChI is InChI=1S/C20H22N2O7S2/c23-19(21-15(20(24)25)13-14-7-2-1-3-8-14)16-9-6-12-22(16)31(28,29)18-11-5-4-10-17(18)30(26)27/h1-5,7-8,11,15-16H,6,9-10,12-13H2,(H,21,23)(H,24,25)/t15-,16-/m0/s1. The molecule has 2 atom stereocenters. The van der Waals surface area contributed by atoms with Gasteiger partial charge in [0, 0.05) is 19.4 Å². The molecule has 1 saturated heterocycles. The number of benzene rings is 1. The Labute approximate surface area is 181 Å². The molecule has 1 aliphatic heterocycles. The SMILES string of the molecule is O=C(O)[C@H](Cc1ccccc1)NC(=O)[C@@H]1CCCN1S(=O)(=O)C1=CC=CCC1=S(=O)=O. The van der Waals surface area contributed by atoms with Crippen molar-refractivity contribution in [3.05, 3.63) is 59.0 Å². The fraction of sp³-hybridized carbons (Fsp3) is 0.350. The number of sulfonamides is 1. The number of amides is 1. The normalized spacial score (nSPS) is 20.2. The van der Waals surface area contributed by atoms with Gasteiger partial charge in [0.05, 0.1) is 4.86 Å². The summed E-state index contributed by atoms with van der Waals surface area (Å²) in [6.07, 6.45) is 4.78. The summed E-state index contributed by atoms with van der Waals surface area (Å²) in [5.74, 6) is -1.96. The van der Waals surface area contributed by atoms with Crippen LogP contribution in [0.25, 0.3) is 0 Å². The molecule has 1 fully saturated rings. The van der Waals surface area contributed by atoms with Gasteiger partial charge in [-0.25, -0.2) is 13.2 Å². The molecule has 9 nitrogen and oxygen atoms in total. The van der Waals surface area contributed by atoms with Crippen LogP contribution >= 0.6 is 0 Å². The van der Waals surface area contributed by atoms with Crippen LogP contribution in [0.15, 0.2) is 53.5 Å². The molecule has 0 aromatic heterocycles. The van der Waals surface area contributed by atoms with Crippen LogP contribution in [0.3, 0.4) is 0 Å². The van der Waals surface area contributed by atoms with Crippen molar-refractivity contribution < 1.29 is 31.5 Å². The third-order valence-electron chi connectivity index (χ3n) is 5.15. The Morgan fingerprint density at radius 2 is 1.94 bits per heavy atom. The van der Waals surface area contributed by atoms with Gasteiger partial charge in [0.15, 0.2) is 0 Å². The first kappa shape index (κ1) is 22.9. The highest BCUT2D eigenvalue weighted by atomic mass is 32.2. The average Bonchev–Trinajstić information content (AvgIpc) is 3.25. The summed E-state index contributed by atoms with van der Waals surface area (Å²) in [5.41, 5.74) is 0.711. The van der Waals surface area contributed by atoms with Gasteiger partial charge in [0.1, 0.15) is 17.0 Å². The topological polar surface area (TPSA) is 138 Å². The van der Waals surface area contributed by atoms with E-state index in [0.717, 1.165) is 4.31 Å². The molecule has 0 radical (unpaired) electrons. The largest absolute Gasteiger partial charge is 0.480 e. The molecule has 166 valence electrons. The van der Waals surface area contributed by atoms with E-state index in [0.29, 0.717) is 12.0 Å². The Morgan fingerprint density at radius 1 is 1.23 bits per heavy atom. The number of carboxylic acid groups (broad SMARTS) is 1. The number of carboxylic acids is 1. The number of carbonyl (C=O) groups excluding carboxylic acids is 1. The van der Waals surface area contributed by atoms with Crippen molar-refractivity contribution in [2.75, 3.05) is 6.54 Å². The van der Waals surface area contributed by atoms with Gasteiger partial charge in [0.25, 0.3) is 0 Å². The first-order valence-electron chi connectivity index (χ1n) is 9.63. The molecule has 0 saturated carbocycles. The van der Waals surface area contributed by atoms with E-state index in [1.54, 1.807) is 30.3 Å². The summed E-state index contributed by atoms with van der Waals surface area (Å²) >= 11 is 0. The fourth-order valence-corrected chi connectivity index (χ4v) is 6.40. The van der Waals surface area contributed by atoms with Gasteiger partial charge >= 0.3 is 5.97 Å². The maximum atomic E-state index is 13.2. The van der Waals surface area contributed by atoms with E-state index in [9.17, 15) is 31.5 Å². The number of allylic oxidation sites excluding steroid dienone is 4. The average molecular weight is 467 g/mol. The Morgan fingerprint density at radius 3 is 2.58 bits per heavy atom. The minimum absolute atomic E-state index is 0.0384. The maximum absolute atomic E-state index is 13.2. The molecule has 0 unspecified atom stereocenters. The van der Waals surface area contributed by atoms with Crippen LogP contribution in [0.2, 0.25) is 0 Å². The Balaban J connectivity index is 1.82. The van der Waals surface area contributed by atoms with Crippen LogP contribution in [0, 0.1) is 0 Å². The van der Waals surface area contributed by atoms with E-state index in [1.807, 2.05) is 0 Å². The van der Waals surface area contributed by atoms with Crippen LogP contribution in [-0.4, -0.2) is 61.6 Å². The molecule has 2 aliphatic rings. The number of carbonyl (C=O) groups is 2. The quantitative estimate of drug-likeness (QED) is 0.558. The second kappa shape index (κ2) is 9.58. The Hall–Kier alpha value is -2.76. The summed E-state index contributed by atoms with van der Waals surface area (Å²) in [7, 11) is -6.99. The van der Waals surface area contributed by atoms with Crippen LogP contribution in [-0.2, 0) is 36.3 Å². The van der Waals surface area contributed by atoms with E-state index < -0.39 is 44.3 Å². The predicted octanol–water partition coefficient (Wildman–Crippen LogP) is 0.488. The molecule has 2 N–H and O–H groups in total. The van der Waals surface area contributed by atoms with Gasteiger partial charge in [-0.1, -0.05) is 42.5 Å². The van der Waals surface area contributed by atoms with Gasteiger partial charge < -0.3 is 10.4 Å². The van der Waals surface area contributed by atoms with Crippen molar-refractivity contribution in [2.24, 2.45) is 0 Å². The molecule has 1 aliphatic carbocycles. The van der Waals surface area contributed by atoms with Gasteiger partial charge in [-0.3, -0.25) is 4.79 Å². The van der Waals surface area contributed by atoms with Crippen molar-refractivity contribution in [2.45, 2.75) is 37.8 Å². The smallest absolute Gasteiger partial charge is 0.326 e. The molecule has 0 spiro atoms. The number of nitrogens with one attached hydrogen (secondary N) is 1. The van der Waals surface area contributed by atoms with Gasteiger partial charge in [0.2, 0.25) is 26.2 Å². The highest BCUT2D eigenvalue weighted by Gasteiger charge is 2.42. The molecule has 1 aromatic rings. The van der Waals surface area contributed by atoms with Crippen molar-refractivity contribution in [3.8, 4) is 0 Å². The molecule has 0 bridgehead atoms. The summed E-state index contributed by atoms with van der Waals surface area (Å²) < 4.78 is 50.3. The maximum Gasteiger partial charge on any atom is 0.326 e. The van der Waals surface area contributed by atoms with Crippen LogP contribution in [0.1, 0.15) is 24.8 Å². The summed E-state index contributed by atoms with van der Waals surface area (Å²) in [5, 5.41) is 12.0. The highest BCUT2D eigenvalue weighted by molar-refractivity contribution is 7.95. The zero-order valence-corrected chi connectivity index (χ0v) is 18.1. The fourth-order valence-electron chi connectivity index (χ4n) is 3.64. The number of aliphatic carboxylic acids is 1. The second-order valence-electron chi connectivity index (χ2n) is 7.18. The van der Waals surface area contributed by atoms with E-state index in [2.05, 4.69) is 5.32 Å². The molecular weight excluding hydrogens is 444 g/mol. The van der Waals surface area contributed by atoms with E-state index in [1.165, 1.54) is 18.2 Å². The first-order valence-corrected chi connectivity index (χ1v) is 12.1. The third-order valence-corrected chi connectivity index (χ3v) is 8.06. The highest BCUT2D eigenvalue weighted by Crippen LogP contribution is 2.28. The second-order valence-corrected chi connectivity index (χ2v) is 10.0. The Kier molecular flexibility index (Phi) is 7.08. The molecule has 3 rings (SSSR count). The van der Waals surface area contributed by atoms with Crippen molar-refractivity contribution >= 4 is 37.1 Å². The lowest BCUT2D eigenvalue weighted by molar-refractivity contribution is -0.142. The summed E-state index contributed by atoms with van der Waals surface area (Å²) in [6.45, 7) is 0.0384. The minimum Gasteiger partial charge on any atom is -0.480 e. The number of nitrogens with zero attached hydrogens (tertiary/aromatic N) is 1. The van der Waals surface area contributed by atoms with Crippen LogP contribution in [0.5, 0.6) is 0 Å². The third kappa shape index (κ3) is 5.12.